The van der Waals surface area contributed by atoms with Crippen molar-refractivity contribution in [3.63, 3.8) is 0 Å². The lowest BCUT2D eigenvalue weighted by Gasteiger charge is -2.19. The summed E-state index contributed by atoms with van der Waals surface area (Å²) in [5.41, 5.74) is 2.43. The van der Waals surface area contributed by atoms with Gasteiger partial charge in [0.2, 0.25) is 5.82 Å². The molecule has 1 aromatic carbocycles. The Kier molecular flexibility index (Phi) is 6.08. The summed E-state index contributed by atoms with van der Waals surface area (Å²) in [6.07, 6.45) is 9.92. The molecule has 2 aromatic heterocycles. The number of aromatic nitrogens is 4. The predicted molar refractivity (Wildman–Crippen MR) is 113 cm³/mol. The van der Waals surface area contributed by atoms with Crippen LogP contribution in [0.2, 0.25) is 0 Å². The summed E-state index contributed by atoms with van der Waals surface area (Å²) in [6, 6.07) is 8.02. The number of rotatable bonds is 4. The van der Waals surface area contributed by atoms with Gasteiger partial charge in [-0.3, -0.25) is 4.79 Å². The van der Waals surface area contributed by atoms with Crippen molar-refractivity contribution in [3.8, 4) is 17.1 Å². The highest BCUT2D eigenvalue weighted by molar-refractivity contribution is 9.10. The quantitative estimate of drug-likeness (QED) is 0.605. The number of hydrogen-bond donors (Lipinski definition) is 1. The Bertz CT molecular complexity index is 971. The first-order valence-corrected chi connectivity index (χ1v) is 10.9. The summed E-state index contributed by atoms with van der Waals surface area (Å²) >= 11 is 3.43. The van der Waals surface area contributed by atoms with Crippen LogP contribution in [0.1, 0.15) is 61.3 Å². The van der Waals surface area contributed by atoms with Crippen LogP contribution in [0, 0.1) is 6.92 Å². The lowest BCUT2D eigenvalue weighted by Crippen LogP contribution is -2.35. The van der Waals surface area contributed by atoms with Crippen LogP contribution in [0.25, 0.3) is 17.1 Å². The molecule has 1 N–H and O–H groups in total. The van der Waals surface area contributed by atoms with Crippen LogP contribution >= 0.6 is 15.9 Å². The molecule has 1 aliphatic carbocycles. The highest BCUT2D eigenvalue weighted by Gasteiger charge is 2.22. The van der Waals surface area contributed by atoms with E-state index >= 15 is 0 Å². The molecule has 0 saturated heterocycles. The summed E-state index contributed by atoms with van der Waals surface area (Å²) in [6.45, 7) is 1.88. The van der Waals surface area contributed by atoms with Gasteiger partial charge in [-0.25, -0.2) is 4.68 Å². The van der Waals surface area contributed by atoms with E-state index in [-0.39, 0.29) is 17.8 Å². The van der Waals surface area contributed by atoms with Crippen molar-refractivity contribution in [2.24, 2.45) is 0 Å². The number of nitrogens with zero attached hydrogens (tertiary/aromatic N) is 4. The number of halogens is 1. The Hall–Kier alpha value is -2.48. The van der Waals surface area contributed by atoms with E-state index in [1.54, 1.807) is 4.68 Å². The minimum absolute atomic E-state index is 0.00199. The Labute approximate surface area is 178 Å². The first kappa shape index (κ1) is 19.8. The van der Waals surface area contributed by atoms with Crippen molar-refractivity contribution in [1.82, 2.24) is 25.2 Å². The molecule has 1 aliphatic rings. The minimum atomic E-state index is -0.299. The number of benzene rings is 1. The maximum Gasteiger partial charge on any atom is 0.316 e. The van der Waals surface area contributed by atoms with E-state index < -0.39 is 0 Å². The monoisotopic (exact) mass is 457 g/mol. The zero-order valence-corrected chi connectivity index (χ0v) is 18.0. The summed E-state index contributed by atoms with van der Waals surface area (Å²) < 4.78 is 8.02. The van der Waals surface area contributed by atoms with Crippen molar-refractivity contribution >= 4 is 21.8 Å². The van der Waals surface area contributed by atoms with Crippen LogP contribution in [-0.4, -0.2) is 31.9 Å². The molecule has 4 rings (SSSR count). The smallest absolute Gasteiger partial charge is 0.316 e. The molecule has 3 aromatic rings. The molecule has 152 valence electrons. The number of nitrogens with one attached hydrogen (secondary N) is 1. The number of carbonyl (C=O) groups excluding carboxylic acids is 1. The molecule has 0 atom stereocenters. The normalized spacial score (nSPS) is 15.7. The van der Waals surface area contributed by atoms with E-state index in [1.165, 1.54) is 19.3 Å². The predicted octanol–water partition coefficient (Wildman–Crippen LogP) is 4.84. The number of aryl methyl sites for hydroxylation is 1. The Morgan fingerprint density at radius 1 is 1.14 bits per heavy atom. The standard InChI is InChI=1S/C21H24BrN5O2/c1-14-18(13-27(25-14)17-11-9-15(22)10-12-17)19-24-21(29-26-19)20(28)23-16-7-5-3-2-4-6-8-16/h9-13,16H,2-8H2,1H3,(H,23,28). The summed E-state index contributed by atoms with van der Waals surface area (Å²) in [7, 11) is 0. The van der Waals surface area contributed by atoms with Crippen molar-refractivity contribution < 1.29 is 9.32 Å². The Morgan fingerprint density at radius 2 is 1.83 bits per heavy atom. The maximum absolute atomic E-state index is 12.6. The van der Waals surface area contributed by atoms with Crippen LogP contribution in [-0.2, 0) is 0 Å². The lowest BCUT2D eigenvalue weighted by molar-refractivity contribution is 0.0886. The zero-order chi connectivity index (χ0) is 20.2. The third kappa shape index (κ3) is 4.75. The van der Waals surface area contributed by atoms with Crippen molar-refractivity contribution in [2.45, 2.75) is 57.9 Å². The van der Waals surface area contributed by atoms with Gasteiger partial charge in [0.1, 0.15) is 0 Å². The van der Waals surface area contributed by atoms with Crippen LogP contribution in [0.5, 0.6) is 0 Å². The SMILES string of the molecule is Cc1nn(-c2ccc(Br)cc2)cc1-c1noc(C(=O)NC2CCCCCCC2)n1. The van der Waals surface area contributed by atoms with Crippen molar-refractivity contribution in [3.05, 3.63) is 46.5 Å². The molecular weight excluding hydrogens is 434 g/mol. The number of carbonyl (C=O) groups is 1. The molecule has 29 heavy (non-hydrogen) atoms. The molecule has 1 saturated carbocycles. The van der Waals surface area contributed by atoms with Crippen LogP contribution in [0.15, 0.2) is 39.5 Å². The second-order valence-corrected chi connectivity index (χ2v) is 8.40. The highest BCUT2D eigenvalue weighted by atomic mass is 79.9. The van der Waals surface area contributed by atoms with E-state index in [9.17, 15) is 4.79 Å². The third-order valence-corrected chi connectivity index (χ3v) is 5.82. The zero-order valence-electron chi connectivity index (χ0n) is 16.4. The highest BCUT2D eigenvalue weighted by Crippen LogP contribution is 2.23. The van der Waals surface area contributed by atoms with Crippen molar-refractivity contribution in [1.29, 1.82) is 0 Å². The molecular formula is C21H24BrN5O2. The molecule has 2 heterocycles. The summed E-state index contributed by atoms with van der Waals surface area (Å²) in [5.74, 6) is 0.0683. The van der Waals surface area contributed by atoms with Gasteiger partial charge in [0, 0.05) is 16.7 Å². The average Bonchev–Trinajstić information content (AvgIpc) is 3.31. The molecule has 0 spiro atoms. The van der Waals surface area contributed by atoms with E-state index in [0.29, 0.717) is 5.82 Å². The van der Waals surface area contributed by atoms with Crippen LogP contribution in [0.3, 0.4) is 0 Å². The van der Waals surface area contributed by atoms with Gasteiger partial charge in [0.05, 0.1) is 16.9 Å². The molecule has 0 unspecified atom stereocenters. The van der Waals surface area contributed by atoms with Gasteiger partial charge in [-0.2, -0.15) is 10.1 Å². The second-order valence-electron chi connectivity index (χ2n) is 7.49. The van der Waals surface area contributed by atoms with Crippen LogP contribution < -0.4 is 5.32 Å². The topological polar surface area (TPSA) is 85.8 Å². The Balaban J connectivity index is 1.48. The fourth-order valence-electron chi connectivity index (χ4n) is 3.68. The molecule has 0 radical (unpaired) electrons. The third-order valence-electron chi connectivity index (χ3n) is 5.29. The molecule has 0 bridgehead atoms. The van der Waals surface area contributed by atoms with Gasteiger partial charge in [0.25, 0.3) is 0 Å². The first-order valence-electron chi connectivity index (χ1n) is 10.1. The molecule has 8 heteroatoms. The first-order chi connectivity index (χ1) is 14.1. The Morgan fingerprint density at radius 3 is 2.55 bits per heavy atom. The van der Waals surface area contributed by atoms with E-state index in [1.807, 2.05) is 37.4 Å². The van der Waals surface area contributed by atoms with Gasteiger partial charge < -0.3 is 9.84 Å². The number of hydrogen-bond acceptors (Lipinski definition) is 5. The van der Waals surface area contributed by atoms with E-state index in [4.69, 9.17) is 4.52 Å². The maximum atomic E-state index is 12.6. The number of amides is 1. The molecule has 7 nitrogen and oxygen atoms in total. The largest absolute Gasteiger partial charge is 0.345 e. The van der Waals surface area contributed by atoms with Gasteiger partial charge in [-0.05, 0) is 44.0 Å². The fourth-order valence-corrected chi connectivity index (χ4v) is 3.94. The summed E-state index contributed by atoms with van der Waals surface area (Å²) in [5, 5.41) is 11.6. The summed E-state index contributed by atoms with van der Waals surface area (Å²) in [4.78, 5) is 16.9. The van der Waals surface area contributed by atoms with Gasteiger partial charge in [0.15, 0.2) is 0 Å². The molecule has 1 fully saturated rings. The molecule has 1 amide bonds. The van der Waals surface area contributed by atoms with Crippen molar-refractivity contribution in [2.75, 3.05) is 0 Å². The van der Waals surface area contributed by atoms with Gasteiger partial charge >= 0.3 is 11.8 Å². The van der Waals surface area contributed by atoms with E-state index in [2.05, 4.69) is 36.5 Å². The fraction of sp³-hybridized carbons (Fsp3) is 0.429. The minimum Gasteiger partial charge on any atom is -0.345 e. The van der Waals surface area contributed by atoms with Crippen LogP contribution in [0.4, 0.5) is 0 Å². The lowest BCUT2D eigenvalue weighted by atomic mass is 9.97. The van der Waals surface area contributed by atoms with Gasteiger partial charge in [-0.1, -0.05) is 53.2 Å². The van der Waals surface area contributed by atoms with Gasteiger partial charge in [-0.15, -0.1) is 0 Å². The van der Waals surface area contributed by atoms with E-state index in [0.717, 1.165) is 47.1 Å². The average molecular weight is 458 g/mol. The second kappa shape index (κ2) is 8.90. The molecule has 0 aliphatic heterocycles.